The molecular weight excluding hydrogens is 525 g/mol. The van der Waals surface area contributed by atoms with Gasteiger partial charge in [-0.25, -0.2) is 4.99 Å². The van der Waals surface area contributed by atoms with Gasteiger partial charge >= 0.3 is 0 Å². The molecule has 0 radical (unpaired) electrons. The molecule has 178 valence electrons. The molecule has 2 aliphatic rings. The van der Waals surface area contributed by atoms with Crippen molar-refractivity contribution in [2.24, 2.45) is 4.99 Å². The summed E-state index contributed by atoms with van der Waals surface area (Å²) in [7, 11) is 0. The van der Waals surface area contributed by atoms with Gasteiger partial charge in [-0.05, 0) is 30.0 Å². The number of nitrogens with one attached hydrogen (secondary N) is 1. The lowest BCUT2D eigenvalue weighted by Crippen LogP contribution is -2.52. The van der Waals surface area contributed by atoms with Gasteiger partial charge in [0.15, 0.2) is 5.96 Å². The summed E-state index contributed by atoms with van der Waals surface area (Å²) in [4.78, 5) is 23.7. The molecule has 0 unspecified atom stereocenters. The highest BCUT2D eigenvalue weighted by Crippen LogP contribution is 2.16. The van der Waals surface area contributed by atoms with E-state index in [2.05, 4.69) is 76.6 Å². The number of carbonyl (C=O) groups is 1. The minimum absolute atomic E-state index is 0. The molecule has 1 N–H and O–H groups in total. The number of hydrogen-bond donors (Lipinski definition) is 1. The van der Waals surface area contributed by atoms with Crippen molar-refractivity contribution >= 4 is 35.8 Å². The normalized spacial score (nSPS) is 17.2. The molecule has 0 bridgehead atoms. The summed E-state index contributed by atoms with van der Waals surface area (Å²) in [6.07, 6.45) is 1.67. The highest BCUT2D eigenvalue weighted by atomic mass is 127. The van der Waals surface area contributed by atoms with E-state index in [1.54, 1.807) is 0 Å². The third kappa shape index (κ3) is 7.43. The van der Waals surface area contributed by atoms with Crippen LogP contribution in [-0.4, -0.2) is 65.8 Å². The molecule has 33 heavy (non-hydrogen) atoms. The minimum Gasteiger partial charge on any atom is -0.357 e. The minimum atomic E-state index is 0. The number of aliphatic imine (C=N–C) groups is 1. The Balaban J connectivity index is 0.00000306. The summed E-state index contributed by atoms with van der Waals surface area (Å²) < 4.78 is 0. The van der Waals surface area contributed by atoms with E-state index < -0.39 is 0 Å². The van der Waals surface area contributed by atoms with Crippen LogP contribution in [-0.2, 0) is 24.4 Å². The lowest BCUT2D eigenvalue weighted by Gasteiger charge is -2.36. The van der Waals surface area contributed by atoms with Crippen molar-refractivity contribution in [1.82, 2.24) is 20.0 Å². The van der Waals surface area contributed by atoms with E-state index in [1.807, 2.05) is 4.90 Å². The first kappa shape index (κ1) is 25.5. The molecule has 4 rings (SSSR count). The number of carbonyl (C=O) groups excluding carboxylic acids is 1. The van der Waals surface area contributed by atoms with E-state index in [-0.39, 0.29) is 29.9 Å². The molecule has 7 heteroatoms. The van der Waals surface area contributed by atoms with Gasteiger partial charge in [0.25, 0.3) is 0 Å². The lowest BCUT2D eigenvalue weighted by molar-refractivity contribution is -0.128. The number of hydrogen-bond acceptors (Lipinski definition) is 3. The second-order valence-corrected chi connectivity index (χ2v) is 8.66. The van der Waals surface area contributed by atoms with Crippen LogP contribution in [0, 0.1) is 0 Å². The molecule has 2 aromatic carbocycles. The Bertz CT molecular complexity index is 912. The molecule has 6 nitrogen and oxygen atoms in total. The summed E-state index contributed by atoms with van der Waals surface area (Å²) in [6, 6.07) is 19.2. The van der Waals surface area contributed by atoms with Crippen LogP contribution < -0.4 is 5.32 Å². The third-order valence-corrected chi connectivity index (χ3v) is 6.20. The summed E-state index contributed by atoms with van der Waals surface area (Å²) in [6.45, 7) is 10.3. The highest BCUT2D eigenvalue weighted by molar-refractivity contribution is 14.0. The SMILES string of the molecule is CCNC(=NCc1cccc(CN2CCCC2=O)c1)N1CCN(Cc2ccccc2)CC1.I. The van der Waals surface area contributed by atoms with Gasteiger partial charge in [0.1, 0.15) is 0 Å². The first-order valence-electron chi connectivity index (χ1n) is 11.9. The predicted molar refractivity (Wildman–Crippen MR) is 145 cm³/mol. The van der Waals surface area contributed by atoms with Crippen molar-refractivity contribution in [3.63, 3.8) is 0 Å². The van der Waals surface area contributed by atoms with Gasteiger partial charge < -0.3 is 15.1 Å². The van der Waals surface area contributed by atoms with E-state index in [0.717, 1.165) is 58.2 Å². The van der Waals surface area contributed by atoms with Gasteiger partial charge in [0.2, 0.25) is 5.91 Å². The Morgan fingerprint density at radius 2 is 1.64 bits per heavy atom. The van der Waals surface area contributed by atoms with Crippen molar-refractivity contribution < 1.29 is 4.79 Å². The fourth-order valence-electron chi connectivity index (χ4n) is 4.47. The number of halogens is 1. The first-order valence-corrected chi connectivity index (χ1v) is 11.9. The zero-order valence-corrected chi connectivity index (χ0v) is 21.9. The average molecular weight is 562 g/mol. The standard InChI is InChI=1S/C26H35N5O.HI/c1-2-27-26(30-16-14-29(15-17-30)20-22-8-4-3-5-9-22)28-19-23-10-6-11-24(18-23)21-31-13-7-12-25(31)32;/h3-6,8-11,18H,2,7,12-17,19-21H2,1H3,(H,27,28);1H. The van der Waals surface area contributed by atoms with Crippen LogP contribution in [0.5, 0.6) is 0 Å². The quantitative estimate of drug-likeness (QED) is 0.318. The fourth-order valence-corrected chi connectivity index (χ4v) is 4.47. The summed E-state index contributed by atoms with van der Waals surface area (Å²) in [5.74, 6) is 1.27. The van der Waals surface area contributed by atoms with Gasteiger partial charge in [-0.1, -0.05) is 54.6 Å². The number of rotatable bonds is 7. The van der Waals surface area contributed by atoms with Crippen LogP contribution in [0.2, 0.25) is 0 Å². The molecule has 2 fully saturated rings. The molecule has 0 aliphatic carbocycles. The van der Waals surface area contributed by atoms with E-state index >= 15 is 0 Å². The number of nitrogens with zero attached hydrogens (tertiary/aromatic N) is 4. The molecule has 2 heterocycles. The fraction of sp³-hybridized carbons (Fsp3) is 0.462. The lowest BCUT2D eigenvalue weighted by atomic mass is 10.1. The third-order valence-electron chi connectivity index (χ3n) is 6.20. The second kappa shape index (κ2) is 12.9. The van der Waals surface area contributed by atoms with Crippen LogP contribution >= 0.6 is 24.0 Å². The van der Waals surface area contributed by atoms with Crippen molar-refractivity contribution in [2.45, 2.75) is 39.4 Å². The van der Waals surface area contributed by atoms with Crippen LogP contribution in [0.3, 0.4) is 0 Å². The van der Waals surface area contributed by atoms with Crippen LogP contribution in [0.4, 0.5) is 0 Å². The molecule has 2 aliphatic heterocycles. The summed E-state index contributed by atoms with van der Waals surface area (Å²) in [5.41, 5.74) is 3.75. The monoisotopic (exact) mass is 561 g/mol. The van der Waals surface area contributed by atoms with Crippen LogP contribution in [0.1, 0.15) is 36.5 Å². The Kier molecular flexibility index (Phi) is 9.99. The van der Waals surface area contributed by atoms with Crippen molar-refractivity contribution in [3.8, 4) is 0 Å². The Labute approximate surface area is 215 Å². The molecule has 0 saturated carbocycles. The summed E-state index contributed by atoms with van der Waals surface area (Å²) >= 11 is 0. The van der Waals surface area contributed by atoms with Gasteiger partial charge in [0, 0.05) is 58.8 Å². The molecule has 2 aromatic rings. The van der Waals surface area contributed by atoms with Gasteiger partial charge in [0.05, 0.1) is 6.54 Å². The van der Waals surface area contributed by atoms with E-state index in [9.17, 15) is 4.79 Å². The highest BCUT2D eigenvalue weighted by Gasteiger charge is 2.21. The zero-order chi connectivity index (χ0) is 22.2. The van der Waals surface area contributed by atoms with Gasteiger partial charge in [-0.2, -0.15) is 0 Å². The summed E-state index contributed by atoms with van der Waals surface area (Å²) in [5, 5.41) is 3.47. The molecule has 1 amide bonds. The zero-order valence-electron chi connectivity index (χ0n) is 19.6. The Morgan fingerprint density at radius 3 is 2.33 bits per heavy atom. The predicted octanol–water partition coefficient (Wildman–Crippen LogP) is 3.71. The Morgan fingerprint density at radius 1 is 0.909 bits per heavy atom. The maximum Gasteiger partial charge on any atom is 0.222 e. The van der Waals surface area contributed by atoms with Gasteiger partial charge in [-0.3, -0.25) is 9.69 Å². The van der Waals surface area contributed by atoms with Gasteiger partial charge in [-0.15, -0.1) is 24.0 Å². The van der Waals surface area contributed by atoms with Crippen LogP contribution in [0.25, 0.3) is 0 Å². The maximum absolute atomic E-state index is 11.9. The van der Waals surface area contributed by atoms with Crippen molar-refractivity contribution in [3.05, 3.63) is 71.3 Å². The largest absolute Gasteiger partial charge is 0.357 e. The molecular formula is C26H36IN5O. The first-order chi connectivity index (χ1) is 15.7. The topological polar surface area (TPSA) is 51.2 Å². The molecule has 2 saturated heterocycles. The van der Waals surface area contributed by atoms with E-state index in [0.29, 0.717) is 19.5 Å². The average Bonchev–Trinajstić information content (AvgIpc) is 3.22. The van der Waals surface area contributed by atoms with Crippen molar-refractivity contribution in [2.75, 3.05) is 39.3 Å². The number of piperazine rings is 1. The van der Waals surface area contributed by atoms with E-state index in [1.165, 1.54) is 16.7 Å². The number of likely N-dealkylation sites (tertiary alicyclic amines) is 1. The maximum atomic E-state index is 11.9. The molecule has 0 aromatic heterocycles. The Hall–Kier alpha value is -2.13. The number of amides is 1. The van der Waals surface area contributed by atoms with E-state index in [4.69, 9.17) is 4.99 Å². The molecule has 0 spiro atoms. The van der Waals surface area contributed by atoms with Crippen LogP contribution in [0.15, 0.2) is 59.6 Å². The molecule has 0 atom stereocenters. The number of guanidine groups is 1. The number of benzene rings is 2. The smallest absolute Gasteiger partial charge is 0.222 e. The van der Waals surface area contributed by atoms with Crippen molar-refractivity contribution in [1.29, 1.82) is 0 Å². The second-order valence-electron chi connectivity index (χ2n) is 8.66.